The summed E-state index contributed by atoms with van der Waals surface area (Å²) in [6.07, 6.45) is 6.10. The highest BCUT2D eigenvalue weighted by Gasteiger charge is 2.16. The molecule has 0 aliphatic carbocycles. The van der Waals surface area contributed by atoms with Gasteiger partial charge in [0.2, 0.25) is 0 Å². The maximum absolute atomic E-state index is 3.87. The van der Waals surface area contributed by atoms with Gasteiger partial charge >= 0.3 is 0 Å². The lowest BCUT2D eigenvalue weighted by Crippen LogP contribution is -1.92. The van der Waals surface area contributed by atoms with Gasteiger partial charge in [-0.25, -0.2) is 0 Å². The molecule has 0 spiro atoms. The summed E-state index contributed by atoms with van der Waals surface area (Å²) in [6.45, 7) is 6.10. The molecular weight excluding hydrogens is 324 g/mol. The summed E-state index contributed by atoms with van der Waals surface area (Å²) in [5, 5.41) is 10.6. The van der Waals surface area contributed by atoms with E-state index in [0.29, 0.717) is 0 Å². The SMILES string of the molecule is C=C/C=C\c1c(C)c2ccccc2c2c3ccccc3c3ccccc3c12. The Morgan fingerprint density at radius 3 is 1.59 bits per heavy atom. The van der Waals surface area contributed by atoms with Crippen molar-refractivity contribution in [2.45, 2.75) is 6.92 Å². The Kier molecular flexibility index (Phi) is 3.58. The lowest BCUT2D eigenvalue weighted by atomic mass is 9.86. The predicted molar refractivity (Wildman–Crippen MR) is 120 cm³/mol. The van der Waals surface area contributed by atoms with Crippen molar-refractivity contribution in [3.05, 3.63) is 103 Å². The summed E-state index contributed by atoms with van der Waals surface area (Å²) < 4.78 is 0. The van der Waals surface area contributed by atoms with Gasteiger partial charge in [0.25, 0.3) is 0 Å². The summed E-state index contributed by atoms with van der Waals surface area (Å²) in [5.41, 5.74) is 2.60. The normalized spacial score (nSPS) is 11.9. The van der Waals surface area contributed by atoms with Crippen LogP contribution in [0.25, 0.3) is 49.2 Å². The first-order valence-corrected chi connectivity index (χ1v) is 9.35. The van der Waals surface area contributed by atoms with Crippen LogP contribution in [0.15, 0.2) is 91.5 Å². The van der Waals surface area contributed by atoms with Crippen molar-refractivity contribution in [3.63, 3.8) is 0 Å². The van der Waals surface area contributed by atoms with Gasteiger partial charge in [0.05, 0.1) is 0 Å². The molecule has 0 aliphatic heterocycles. The molecule has 0 nitrogen and oxygen atoms in total. The van der Waals surface area contributed by atoms with Crippen LogP contribution >= 0.6 is 0 Å². The smallest absolute Gasteiger partial charge is 0.00141 e. The van der Waals surface area contributed by atoms with E-state index >= 15 is 0 Å². The number of hydrogen-bond acceptors (Lipinski definition) is 0. The summed E-state index contributed by atoms with van der Waals surface area (Å²) in [6, 6.07) is 26.3. The number of aryl methyl sites for hydroxylation is 1. The Morgan fingerprint density at radius 1 is 0.593 bits per heavy atom. The van der Waals surface area contributed by atoms with Crippen LogP contribution < -0.4 is 0 Å². The second-order valence-electron chi connectivity index (χ2n) is 7.02. The molecule has 128 valence electrons. The Labute approximate surface area is 159 Å². The zero-order chi connectivity index (χ0) is 18.4. The van der Waals surface area contributed by atoms with E-state index < -0.39 is 0 Å². The number of fused-ring (bicyclic) bond motifs is 8. The van der Waals surface area contributed by atoms with Crippen molar-refractivity contribution >= 4 is 49.2 Å². The topological polar surface area (TPSA) is 0 Å². The molecule has 5 rings (SSSR count). The molecule has 0 radical (unpaired) electrons. The fourth-order valence-electron chi connectivity index (χ4n) is 4.43. The molecule has 5 aromatic carbocycles. The molecule has 0 fully saturated rings. The maximum atomic E-state index is 3.87. The predicted octanol–water partition coefficient (Wildman–Crippen LogP) is 7.81. The van der Waals surface area contributed by atoms with Crippen LogP contribution in [-0.2, 0) is 0 Å². The van der Waals surface area contributed by atoms with Crippen LogP contribution in [0.3, 0.4) is 0 Å². The van der Waals surface area contributed by atoms with Crippen LogP contribution in [0.4, 0.5) is 0 Å². The molecule has 0 amide bonds. The minimum Gasteiger partial charge on any atom is -0.0991 e. The maximum Gasteiger partial charge on any atom is -0.00141 e. The highest BCUT2D eigenvalue weighted by Crippen LogP contribution is 2.42. The van der Waals surface area contributed by atoms with E-state index in [-0.39, 0.29) is 0 Å². The van der Waals surface area contributed by atoms with Crippen molar-refractivity contribution in [2.75, 3.05) is 0 Å². The minimum absolute atomic E-state index is 1.28. The average molecular weight is 344 g/mol. The van der Waals surface area contributed by atoms with E-state index in [1.807, 2.05) is 12.2 Å². The molecule has 0 aliphatic rings. The van der Waals surface area contributed by atoms with Gasteiger partial charge in [-0.15, -0.1) is 0 Å². The molecule has 0 aromatic heterocycles. The van der Waals surface area contributed by atoms with Gasteiger partial charge in [0, 0.05) is 0 Å². The van der Waals surface area contributed by atoms with Gasteiger partial charge in [-0.1, -0.05) is 97.6 Å². The molecule has 0 saturated carbocycles. The number of allylic oxidation sites excluding steroid dienone is 2. The monoisotopic (exact) mass is 344 g/mol. The fraction of sp³-hybridized carbons (Fsp3) is 0.0370. The molecular formula is C27H20. The number of hydrogen-bond donors (Lipinski definition) is 0. The zero-order valence-corrected chi connectivity index (χ0v) is 15.4. The van der Waals surface area contributed by atoms with E-state index in [1.165, 1.54) is 54.2 Å². The Hall–Kier alpha value is -3.38. The molecule has 0 heterocycles. The van der Waals surface area contributed by atoms with Crippen LogP contribution in [0.2, 0.25) is 0 Å². The van der Waals surface area contributed by atoms with Gasteiger partial charge in [0.1, 0.15) is 0 Å². The summed E-state index contributed by atoms with van der Waals surface area (Å²) in [4.78, 5) is 0. The van der Waals surface area contributed by atoms with Gasteiger partial charge in [0.15, 0.2) is 0 Å². The zero-order valence-electron chi connectivity index (χ0n) is 15.4. The molecule has 0 N–H and O–H groups in total. The van der Waals surface area contributed by atoms with Crippen molar-refractivity contribution in [2.24, 2.45) is 0 Å². The minimum atomic E-state index is 1.28. The van der Waals surface area contributed by atoms with Crippen LogP contribution in [0, 0.1) is 6.92 Å². The first-order valence-electron chi connectivity index (χ1n) is 9.35. The quantitative estimate of drug-likeness (QED) is 0.226. The summed E-state index contributed by atoms with van der Waals surface area (Å²) >= 11 is 0. The van der Waals surface area contributed by atoms with Crippen LogP contribution in [0.1, 0.15) is 11.1 Å². The van der Waals surface area contributed by atoms with Gasteiger partial charge in [-0.2, -0.15) is 0 Å². The average Bonchev–Trinajstić information content (AvgIpc) is 2.73. The molecule has 5 aromatic rings. The van der Waals surface area contributed by atoms with Crippen molar-refractivity contribution in [3.8, 4) is 0 Å². The molecule has 0 heteroatoms. The van der Waals surface area contributed by atoms with Crippen molar-refractivity contribution in [1.29, 1.82) is 0 Å². The summed E-state index contributed by atoms with van der Waals surface area (Å²) in [5.74, 6) is 0. The highest BCUT2D eigenvalue weighted by molar-refractivity contribution is 6.33. The molecule has 0 bridgehead atoms. The number of benzene rings is 5. The van der Waals surface area contributed by atoms with Crippen molar-refractivity contribution < 1.29 is 0 Å². The Bertz CT molecular complexity index is 1380. The second kappa shape index (κ2) is 6.10. The third-order valence-corrected chi connectivity index (χ3v) is 5.61. The first kappa shape index (κ1) is 15.8. The third-order valence-electron chi connectivity index (χ3n) is 5.61. The highest BCUT2D eigenvalue weighted by atomic mass is 14.2. The van der Waals surface area contributed by atoms with E-state index in [0.717, 1.165) is 0 Å². The van der Waals surface area contributed by atoms with Crippen LogP contribution in [0.5, 0.6) is 0 Å². The van der Waals surface area contributed by atoms with Gasteiger partial charge in [-0.3, -0.25) is 0 Å². The molecule has 0 saturated heterocycles. The lowest BCUT2D eigenvalue weighted by molar-refractivity contribution is 1.53. The standard InChI is InChI=1S/C27H20/c1-3-4-11-20-18(2)19-12-5-8-15-23(19)27-25-17-10-7-14-22(25)21-13-6-9-16-24(21)26(20)27/h3-17H,1H2,2H3/b11-4-. The molecule has 27 heavy (non-hydrogen) atoms. The number of rotatable bonds is 2. The van der Waals surface area contributed by atoms with E-state index in [4.69, 9.17) is 0 Å². The van der Waals surface area contributed by atoms with Crippen molar-refractivity contribution in [1.82, 2.24) is 0 Å². The third kappa shape index (κ3) is 2.23. The molecule has 0 atom stereocenters. The Balaban J connectivity index is 2.23. The Morgan fingerprint density at radius 2 is 1.04 bits per heavy atom. The van der Waals surface area contributed by atoms with Crippen LogP contribution in [-0.4, -0.2) is 0 Å². The van der Waals surface area contributed by atoms with E-state index in [2.05, 4.69) is 92.4 Å². The second-order valence-corrected chi connectivity index (χ2v) is 7.02. The molecule has 0 unspecified atom stereocenters. The largest absolute Gasteiger partial charge is 0.0991 e. The van der Waals surface area contributed by atoms with E-state index in [9.17, 15) is 0 Å². The van der Waals surface area contributed by atoms with Gasteiger partial charge < -0.3 is 0 Å². The van der Waals surface area contributed by atoms with Gasteiger partial charge in [-0.05, 0) is 61.1 Å². The first-order chi connectivity index (χ1) is 13.3. The van der Waals surface area contributed by atoms with E-state index in [1.54, 1.807) is 0 Å². The fourth-order valence-corrected chi connectivity index (χ4v) is 4.43. The summed E-state index contributed by atoms with van der Waals surface area (Å²) in [7, 11) is 0. The lowest BCUT2D eigenvalue weighted by Gasteiger charge is -2.17.